The number of urea groups is 1. The van der Waals surface area contributed by atoms with Crippen LogP contribution in [-0.2, 0) is 11.2 Å². The largest absolute Gasteiger partial charge is 0.378 e. The third-order valence-electron chi connectivity index (χ3n) is 5.04. The van der Waals surface area contributed by atoms with Crippen molar-refractivity contribution in [3.63, 3.8) is 0 Å². The molecule has 1 saturated heterocycles. The van der Waals surface area contributed by atoms with Crippen molar-refractivity contribution in [1.29, 1.82) is 0 Å². The standard InChI is InChI=1S/C23H25N5O2/c1-2-17-3-7-19(8-4-17)24-23(29)25-20-9-5-18(6-10-20)21-11-12-22(27-26-21)28-13-15-30-16-14-28/h3-12H,2,13-16H2,1H3,(H2,24,25,29). The highest BCUT2D eigenvalue weighted by Gasteiger charge is 2.13. The minimum Gasteiger partial charge on any atom is -0.378 e. The van der Waals surface area contributed by atoms with Crippen LogP contribution >= 0.6 is 0 Å². The van der Waals surface area contributed by atoms with Crippen molar-refractivity contribution in [3.05, 3.63) is 66.2 Å². The molecular weight excluding hydrogens is 378 g/mol. The highest BCUT2D eigenvalue weighted by atomic mass is 16.5. The molecule has 1 aliphatic heterocycles. The second-order valence-electron chi connectivity index (χ2n) is 7.08. The van der Waals surface area contributed by atoms with E-state index in [0.717, 1.165) is 55.5 Å². The lowest BCUT2D eigenvalue weighted by atomic mass is 10.1. The Morgan fingerprint density at radius 1 is 0.900 bits per heavy atom. The summed E-state index contributed by atoms with van der Waals surface area (Å²) in [5.41, 5.74) is 4.44. The quantitative estimate of drug-likeness (QED) is 0.668. The summed E-state index contributed by atoms with van der Waals surface area (Å²) in [6.07, 6.45) is 0.971. The van der Waals surface area contributed by atoms with E-state index < -0.39 is 0 Å². The number of amides is 2. The molecule has 7 nitrogen and oxygen atoms in total. The van der Waals surface area contributed by atoms with Gasteiger partial charge in [-0.15, -0.1) is 10.2 Å². The number of carbonyl (C=O) groups excluding carboxylic acids is 1. The first-order chi connectivity index (χ1) is 14.7. The summed E-state index contributed by atoms with van der Waals surface area (Å²) in [5.74, 6) is 0.865. The number of nitrogens with one attached hydrogen (secondary N) is 2. The molecule has 2 aromatic carbocycles. The van der Waals surface area contributed by atoms with Crippen LogP contribution in [0.3, 0.4) is 0 Å². The molecule has 4 rings (SSSR count). The third-order valence-corrected chi connectivity index (χ3v) is 5.04. The Balaban J connectivity index is 1.35. The van der Waals surface area contributed by atoms with Gasteiger partial charge in [0.15, 0.2) is 5.82 Å². The number of ether oxygens (including phenoxy) is 1. The van der Waals surface area contributed by atoms with Crippen molar-refractivity contribution in [2.24, 2.45) is 0 Å². The summed E-state index contributed by atoms with van der Waals surface area (Å²) in [5, 5.41) is 14.4. The van der Waals surface area contributed by atoms with Crippen LogP contribution in [0.25, 0.3) is 11.3 Å². The summed E-state index contributed by atoms with van der Waals surface area (Å²) in [6.45, 7) is 5.20. The Morgan fingerprint density at radius 2 is 1.53 bits per heavy atom. The predicted octanol–water partition coefficient (Wildman–Crippen LogP) is 4.19. The van der Waals surface area contributed by atoms with Crippen molar-refractivity contribution in [2.75, 3.05) is 41.8 Å². The van der Waals surface area contributed by atoms with Gasteiger partial charge in [-0.05, 0) is 48.4 Å². The maximum absolute atomic E-state index is 12.2. The van der Waals surface area contributed by atoms with Crippen LogP contribution in [0.2, 0.25) is 0 Å². The summed E-state index contributed by atoms with van der Waals surface area (Å²) in [7, 11) is 0. The fourth-order valence-corrected chi connectivity index (χ4v) is 3.28. The van der Waals surface area contributed by atoms with Crippen LogP contribution in [-0.4, -0.2) is 42.5 Å². The van der Waals surface area contributed by atoms with E-state index in [1.54, 1.807) is 0 Å². The van der Waals surface area contributed by atoms with E-state index in [2.05, 4.69) is 32.7 Å². The van der Waals surface area contributed by atoms with Crippen LogP contribution in [0.4, 0.5) is 22.0 Å². The van der Waals surface area contributed by atoms with Gasteiger partial charge in [0.05, 0.1) is 18.9 Å². The first-order valence-corrected chi connectivity index (χ1v) is 10.1. The molecule has 7 heteroatoms. The lowest BCUT2D eigenvalue weighted by molar-refractivity contribution is 0.122. The SMILES string of the molecule is CCc1ccc(NC(=O)Nc2ccc(-c3ccc(N4CCOCC4)nn3)cc2)cc1. The van der Waals surface area contributed by atoms with Crippen LogP contribution in [0.5, 0.6) is 0 Å². The normalized spacial score (nSPS) is 13.7. The highest BCUT2D eigenvalue weighted by molar-refractivity contribution is 5.99. The molecule has 2 heterocycles. The van der Waals surface area contributed by atoms with Crippen molar-refractivity contribution < 1.29 is 9.53 Å². The molecule has 0 bridgehead atoms. The first-order valence-electron chi connectivity index (χ1n) is 10.1. The molecule has 1 fully saturated rings. The minimum atomic E-state index is -0.276. The Bertz CT molecular complexity index is 966. The van der Waals surface area contributed by atoms with E-state index in [1.807, 2.05) is 60.7 Å². The number of benzene rings is 2. The van der Waals surface area contributed by atoms with E-state index >= 15 is 0 Å². The maximum Gasteiger partial charge on any atom is 0.323 e. The molecule has 0 unspecified atom stereocenters. The average Bonchev–Trinajstić information content (AvgIpc) is 2.81. The number of aryl methyl sites for hydroxylation is 1. The number of hydrogen-bond acceptors (Lipinski definition) is 5. The van der Waals surface area contributed by atoms with Crippen molar-refractivity contribution >= 4 is 23.2 Å². The fraction of sp³-hybridized carbons (Fsp3) is 0.261. The van der Waals surface area contributed by atoms with Crippen LogP contribution < -0.4 is 15.5 Å². The van der Waals surface area contributed by atoms with E-state index in [4.69, 9.17) is 4.74 Å². The van der Waals surface area contributed by atoms with Crippen LogP contribution in [0, 0.1) is 0 Å². The van der Waals surface area contributed by atoms with E-state index in [9.17, 15) is 4.79 Å². The topological polar surface area (TPSA) is 79.4 Å². The van der Waals surface area contributed by atoms with E-state index in [-0.39, 0.29) is 6.03 Å². The third kappa shape index (κ3) is 4.93. The molecule has 2 N–H and O–H groups in total. The Morgan fingerprint density at radius 3 is 2.10 bits per heavy atom. The van der Waals surface area contributed by atoms with Crippen molar-refractivity contribution in [3.8, 4) is 11.3 Å². The Hall–Kier alpha value is -3.45. The lowest BCUT2D eigenvalue weighted by Gasteiger charge is -2.27. The smallest absolute Gasteiger partial charge is 0.323 e. The Kier molecular flexibility index (Phi) is 6.20. The van der Waals surface area contributed by atoms with Gasteiger partial charge < -0.3 is 20.3 Å². The molecule has 0 radical (unpaired) electrons. The van der Waals surface area contributed by atoms with Crippen LogP contribution in [0.15, 0.2) is 60.7 Å². The molecule has 2 amide bonds. The molecular formula is C23H25N5O2. The highest BCUT2D eigenvalue weighted by Crippen LogP contribution is 2.21. The molecule has 1 aromatic heterocycles. The van der Waals surface area contributed by atoms with Gasteiger partial charge in [-0.25, -0.2) is 4.79 Å². The van der Waals surface area contributed by atoms with Gasteiger partial charge in [-0.3, -0.25) is 0 Å². The number of hydrogen-bond donors (Lipinski definition) is 2. The second kappa shape index (κ2) is 9.37. The van der Waals surface area contributed by atoms with E-state index in [0.29, 0.717) is 5.69 Å². The van der Waals surface area contributed by atoms with Crippen LogP contribution in [0.1, 0.15) is 12.5 Å². The van der Waals surface area contributed by atoms with Gasteiger partial charge in [-0.1, -0.05) is 31.2 Å². The molecule has 30 heavy (non-hydrogen) atoms. The summed E-state index contributed by atoms with van der Waals surface area (Å²) in [4.78, 5) is 14.4. The molecule has 1 aliphatic rings. The fourth-order valence-electron chi connectivity index (χ4n) is 3.28. The maximum atomic E-state index is 12.2. The monoisotopic (exact) mass is 403 g/mol. The lowest BCUT2D eigenvalue weighted by Crippen LogP contribution is -2.36. The summed E-state index contributed by atoms with van der Waals surface area (Å²) in [6, 6.07) is 19.0. The van der Waals surface area contributed by atoms with Gasteiger partial charge in [0, 0.05) is 30.0 Å². The molecule has 0 atom stereocenters. The molecule has 154 valence electrons. The van der Waals surface area contributed by atoms with Gasteiger partial charge in [0.2, 0.25) is 0 Å². The molecule has 0 saturated carbocycles. The van der Waals surface area contributed by atoms with Crippen molar-refractivity contribution in [1.82, 2.24) is 10.2 Å². The molecule has 0 spiro atoms. The van der Waals surface area contributed by atoms with Gasteiger partial charge in [0.25, 0.3) is 0 Å². The van der Waals surface area contributed by atoms with Gasteiger partial charge >= 0.3 is 6.03 Å². The van der Waals surface area contributed by atoms with Gasteiger partial charge in [0.1, 0.15) is 0 Å². The zero-order chi connectivity index (χ0) is 20.8. The number of anilines is 3. The first kappa shape index (κ1) is 19.8. The van der Waals surface area contributed by atoms with Crippen molar-refractivity contribution in [2.45, 2.75) is 13.3 Å². The second-order valence-corrected chi connectivity index (χ2v) is 7.08. The number of nitrogens with zero attached hydrogens (tertiary/aromatic N) is 3. The molecule has 0 aliphatic carbocycles. The number of rotatable bonds is 5. The Labute approximate surface area is 176 Å². The van der Waals surface area contributed by atoms with E-state index in [1.165, 1.54) is 5.56 Å². The molecule has 3 aromatic rings. The predicted molar refractivity (Wildman–Crippen MR) is 119 cm³/mol. The number of carbonyl (C=O) groups is 1. The number of aromatic nitrogens is 2. The zero-order valence-electron chi connectivity index (χ0n) is 17.0. The number of morpholine rings is 1. The average molecular weight is 403 g/mol. The zero-order valence-corrected chi connectivity index (χ0v) is 17.0. The van der Waals surface area contributed by atoms with Gasteiger partial charge in [-0.2, -0.15) is 0 Å². The summed E-state index contributed by atoms with van der Waals surface area (Å²) < 4.78 is 5.37. The summed E-state index contributed by atoms with van der Waals surface area (Å²) >= 11 is 0. The minimum absolute atomic E-state index is 0.276.